The Morgan fingerprint density at radius 2 is 2.03 bits per heavy atom. The van der Waals surface area contributed by atoms with Crippen LogP contribution in [0.25, 0.3) is 11.0 Å². The summed E-state index contributed by atoms with van der Waals surface area (Å²) >= 11 is -0.301. The maximum absolute atomic E-state index is 15.0. The lowest BCUT2D eigenvalue weighted by Crippen LogP contribution is -2.77. The molecule has 29 heavy (non-hydrogen) atoms. The average molecular weight is 426 g/mol. The van der Waals surface area contributed by atoms with Crippen LogP contribution in [0.1, 0.15) is 25.0 Å². The Balaban J connectivity index is 1.49. The third kappa shape index (κ3) is 3.18. The van der Waals surface area contributed by atoms with Gasteiger partial charge in [-0.25, -0.2) is 4.39 Å². The Labute approximate surface area is 168 Å². The molecule has 3 saturated heterocycles. The first-order valence-electron chi connectivity index (χ1n) is 9.44. The number of hydrogen-bond acceptors (Lipinski definition) is 5. The number of para-hydroxylation sites is 1. The molecule has 0 spiro atoms. The summed E-state index contributed by atoms with van der Waals surface area (Å²) in [7, 11) is 0. The van der Waals surface area contributed by atoms with Crippen LogP contribution in [0.4, 0.5) is 23.2 Å². The number of fused-ring (bicyclic) bond motifs is 1. The number of furan rings is 1. The number of hydrogen-bond donors (Lipinski definition) is 2. The smallest absolute Gasteiger partial charge is 0.444 e. The molecule has 3 fully saturated rings. The highest BCUT2D eigenvalue weighted by Gasteiger charge is 2.59. The van der Waals surface area contributed by atoms with Crippen molar-refractivity contribution in [3.63, 3.8) is 0 Å². The molecule has 0 aliphatic carbocycles. The Kier molecular flexibility index (Phi) is 4.49. The number of benzene rings is 1. The molecule has 5 atom stereocenters. The topological polar surface area (TPSA) is 48.6 Å². The van der Waals surface area contributed by atoms with Gasteiger partial charge in [0.1, 0.15) is 12.8 Å². The summed E-state index contributed by atoms with van der Waals surface area (Å²) in [5, 5.41) is 12.4. The highest BCUT2D eigenvalue weighted by molar-refractivity contribution is 8.00. The van der Waals surface area contributed by atoms with Crippen molar-refractivity contribution in [3.8, 4) is 11.8 Å². The molecule has 3 aliphatic rings. The molecule has 0 bridgehead atoms. The summed E-state index contributed by atoms with van der Waals surface area (Å²) in [5.74, 6) is 4.63. The standard InChI is InChI=1S/C20H18F4N2O2S/c21-17-14(8-10-7-11-9-15(17)26(10)11)25-13-4-1-3-12-18(13)28-16(5-2-6-27)19(12)29-20(22,23)24/h1,3-4,10-11,14-15,17,25,27H,6-9H2/t10-,11?,14+,15+,17+/m0/s1. The number of thioether (sulfide) groups is 1. The maximum Gasteiger partial charge on any atom is 0.446 e. The lowest BCUT2D eigenvalue weighted by molar-refractivity contribution is -0.174. The second-order valence-corrected chi connectivity index (χ2v) is 8.75. The lowest BCUT2D eigenvalue weighted by Gasteiger charge is -2.66. The van der Waals surface area contributed by atoms with E-state index in [0.717, 1.165) is 12.8 Å². The number of piperidine rings is 2. The number of nitrogens with one attached hydrogen (secondary N) is 1. The van der Waals surface area contributed by atoms with Gasteiger partial charge in [0.05, 0.1) is 16.6 Å². The van der Waals surface area contributed by atoms with Crippen LogP contribution in [0, 0.1) is 11.8 Å². The third-order valence-electron chi connectivity index (χ3n) is 6.07. The van der Waals surface area contributed by atoms with Gasteiger partial charge in [-0.1, -0.05) is 12.0 Å². The van der Waals surface area contributed by atoms with Crippen LogP contribution in [0.2, 0.25) is 0 Å². The lowest BCUT2D eigenvalue weighted by atomic mass is 9.67. The number of alkyl halides is 4. The molecule has 1 aromatic carbocycles. The minimum atomic E-state index is -4.52. The predicted molar refractivity (Wildman–Crippen MR) is 101 cm³/mol. The first-order chi connectivity index (χ1) is 13.9. The fraction of sp³-hybridized carbons (Fsp3) is 0.500. The van der Waals surface area contributed by atoms with Gasteiger partial charge in [0.2, 0.25) is 0 Å². The Bertz CT molecular complexity index is 1010. The van der Waals surface area contributed by atoms with Crippen LogP contribution in [0.5, 0.6) is 0 Å². The first-order valence-corrected chi connectivity index (χ1v) is 10.3. The second kappa shape index (κ2) is 6.83. The molecule has 1 unspecified atom stereocenters. The normalized spacial score (nSPS) is 30.7. The van der Waals surface area contributed by atoms with E-state index in [4.69, 9.17) is 9.52 Å². The molecule has 0 saturated carbocycles. The highest BCUT2D eigenvalue weighted by atomic mass is 32.2. The number of rotatable bonds is 3. The molecule has 9 heteroatoms. The number of aliphatic hydroxyl groups is 1. The molecular formula is C20H18F4N2O2S. The highest BCUT2D eigenvalue weighted by Crippen LogP contribution is 2.50. The van der Waals surface area contributed by atoms with E-state index in [0.29, 0.717) is 24.2 Å². The van der Waals surface area contributed by atoms with Gasteiger partial charge in [0.25, 0.3) is 0 Å². The van der Waals surface area contributed by atoms with Gasteiger partial charge in [-0.2, -0.15) is 13.2 Å². The zero-order valence-electron chi connectivity index (χ0n) is 15.2. The van der Waals surface area contributed by atoms with E-state index < -0.39 is 24.3 Å². The minimum absolute atomic E-state index is 0.0665. The second-order valence-electron chi connectivity index (χ2n) is 7.67. The van der Waals surface area contributed by atoms with E-state index in [1.54, 1.807) is 12.1 Å². The number of anilines is 1. The maximum atomic E-state index is 15.0. The average Bonchev–Trinajstić information content (AvgIpc) is 2.97. The van der Waals surface area contributed by atoms with Gasteiger partial charge in [-0.05, 0) is 49.1 Å². The van der Waals surface area contributed by atoms with E-state index >= 15 is 0 Å². The molecule has 4 nitrogen and oxygen atoms in total. The van der Waals surface area contributed by atoms with Crippen molar-refractivity contribution in [2.45, 2.75) is 60.0 Å². The van der Waals surface area contributed by atoms with Crippen LogP contribution < -0.4 is 5.32 Å². The quantitative estimate of drug-likeness (QED) is 0.439. The van der Waals surface area contributed by atoms with Crippen LogP contribution in [0.15, 0.2) is 27.5 Å². The van der Waals surface area contributed by atoms with Crippen LogP contribution >= 0.6 is 11.8 Å². The Hall–Kier alpha value is -1.89. The summed E-state index contributed by atoms with van der Waals surface area (Å²) in [5.41, 5.74) is -3.84. The fourth-order valence-corrected chi connectivity index (χ4v) is 5.60. The number of halogens is 4. The van der Waals surface area contributed by atoms with Crippen molar-refractivity contribution in [2.24, 2.45) is 0 Å². The molecule has 3 aliphatic heterocycles. The van der Waals surface area contributed by atoms with Gasteiger partial charge < -0.3 is 14.8 Å². The van der Waals surface area contributed by atoms with Gasteiger partial charge in [0.15, 0.2) is 11.3 Å². The van der Waals surface area contributed by atoms with Crippen LogP contribution in [0.3, 0.4) is 0 Å². The third-order valence-corrected chi connectivity index (χ3v) is 6.91. The van der Waals surface area contributed by atoms with Gasteiger partial charge in [-0.3, -0.25) is 4.90 Å². The zero-order chi connectivity index (χ0) is 20.3. The van der Waals surface area contributed by atoms with Crippen molar-refractivity contribution < 1.29 is 27.1 Å². The molecule has 2 N–H and O–H groups in total. The molecule has 4 heterocycles. The first kappa shape index (κ1) is 19.1. The summed E-state index contributed by atoms with van der Waals surface area (Å²) < 4.78 is 59.8. The fourth-order valence-electron chi connectivity index (χ4n) is 4.91. The summed E-state index contributed by atoms with van der Waals surface area (Å²) in [6.07, 6.45) is 1.57. The largest absolute Gasteiger partial charge is 0.446 e. The molecule has 5 rings (SSSR count). The van der Waals surface area contributed by atoms with Crippen molar-refractivity contribution in [3.05, 3.63) is 24.0 Å². The van der Waals surface area contributed by atoms with E-state index in [-0.39, 0.29) is 39.4 Å². The predicted octanol–water partition coefficient (Wildman–Crippen LogP) is 4.13. The monoisotopic (exact) mass is 426 g/mol. The molecule has 0 amide bonds. The van der Waals surface area contributed by atoms with Crippen molar-refractivity contribution in [2.75, 3.05) is 11.9 Å². The van der Waals surface area contributed by atoms with Crippen molar-refractivity contribution in [1.82, 2.24) is 4.90 Å². The number of aliphatic hydroxyl groups excluding tert-OH is 1. The minimum Gasteiger partial charge on any atom is -0.444 e. The molecule has 1 aromatic heterocycles. The molecule has 2 aromatic rings. The summed E-state index contributed by atoms with van der Waals surface area (Å²) in [4.78, 5) is 2.10. The molecule has 154 valence electrons. The van der Waals surface area contributed by atoms with Crippen LogP contribution in [-0.4, -0.2) is 52.5 Å². The Morgan fingerprint density at radius 1 is 1.24 bits per heavy atom. The van der Waals surface area contributed by atoms with E-state index in [1.165, 1.54) is 6.07 Å². The van der Waals surface area contributed by atoms with E-state index in [9.17, 15) is 17.6 Å². The van der Waals surface area contributed by atoms with Gasteiger partial charge in [-0.15, -0.1) is 0 Å². The van der Waals surface area contributed by atoms with Gasteiger partial charge in [0, 0.05) is 23.5 Å². The molecule has 0 radical (unpaired) electrons. The zero-order valence-corrected chi connectivity index (χ0v) is 16.0. The summed E-state index contributed by atoms with van der Waals surface area (Å²) in [6, 6.07) is 5.26. The SMILES string of the molecule is OCC#Cc1oc2c(N[C@@H]3C[C@@H]4CC5C[C@H]([C@@H]3F)N54)cccc2c1SC(F)(F)F. The van der Waals surface area contributed by atoms with Crippen molar-refractivity contribution >= 4 is 28.4 Å². The Morgan fingerprint density at radius 3 is 2.76 bits per heavy atom. The molecular weight excluding hydrogens is 408 g/mol. The summed E-state index contributed by atoms with van der Waals surface area (Å²) in [6.45, 7) is -0.496. The van der Waals surface area contributed by atoms with Gasteiger partial charge >= 0.3 is 5.51 Å². The number of nitrogens with zero attached hydrogens (tertiary/aromatic N) is 1. The van der Waals surface area contributed by atoms with E-state index in [1.807, 2.05) is 0 Å². The van der Waals surface area contributed by atoms with Crippen LogP contribution in [-0.2, 0) is 0 Å². The van der Waals surface area contributed by atoms with E-state index in [2.05, 4.69) is 22.1 Å². The van der Waals surface area contributed by atoms with Crippen molar-refractivity contribution in [1.29, 1.82) is 0 Å².